The van der Waals surface area contributed by atoms with Crippen LogP contribution in [0.2, 0.25) is 0 Å². The summed E-state index contributed by atoms with van der Waals surface area (Å²) in [6.45, 7) is 1.61. The maximum absolute atomic E-state index is 12.9. The molecule has 4 rings (SSSR count). The standard InChI is InChI=1S/C17H16N2O4/c1-10(20)18-9-17-8-7-12(23-17)13-14(17)16(22)19(15(13)21)11-5-3-2-4-6-11/h2-8,12-14H,9H2,1H3,(H,18,20). The Kier molecular flexibility index (Phi) is 2.93. The minimum atomic E-state index is -0.919. The number of hydrogen-bond donors (Lipinski definition) is 1. The fourth-order valence-corrected chi connectivity index (χ4v) is 3.80. The highest BCUT2D eigenvalue weighted by Gasteiger charge is 2.67. The van der Waals surface area contributed by atoms with Gasteiger partial charge in [0.2, 0.25) is 17.7 Å². The van der Waals surface area contributed by atoms with Crippen LogP contribution in [0.4, 0.5) is 5.69 Å². The first-order valence-electron chi connectivity index (χ1n) is 7.58. The average Bonchev–Trinajstić information content (AvgIpc) is 3.17. The van der Waals surface area contributed by atoms with Gasteiger partial charge in [0, 0.05) is 6.92 Å². The Labute approximate surface area is 133 Å². The molecule has 2 fully saturated rings. The van der Waals surface area contributed by atoms with Gasteiger partial charge >= 0.3 is 0 Å². The third-order valence-electron chi connectivity index (χ3n) is 4.78. The van der Waals surface area contributed by atoms with Gasteiger partial charge in [-0.05, 0) is 12.1 Å². The third-order valence-corrected chi connectivity index (χ3v) is 4.78. The lowest BCUT2D eigenvalue weighted by atomic mass is 9.77. The van der Waals surface area contributed by atoms with Gasteiger partial charge < -0.3 is 10.1 Å². The van der Waals surface area contributed by atoms with Crippen LogP contribution >= 0.6 is 0 Å². The van der Waals surface area contributed by atoms with Crippen LogP contribution in [0.3, 0.4) is 0 Å². The van der Waals surface area contributed by atoms with Crippen LogP contribution in [0.15, 0.2) is 42.5 Å². The molecule has 3 aliphatic rings. The molecule has 6 heteroatoms. The first kappa shape index (κ1) is 14.1. The van der Waals surface area contributed by atoms with E-state index in [9.17, 15) is 14.4 Å². The summed E-state index contributed by atoms with van der Waals surface area (Å²) < 4.78 is 5.91. The van der Waals surface area contributed by atoms with E-state index in [1.54, 1.807) is 24.3 Å². The zero-order valence-corrected chi connectivity index (χ0v) is 12.6. The number of anilines is 1. The number of nitrogens with one attached hydrogen (secondary N) is 1. The van der Waals surface area contributed by atoms with E-state index in [0.29, 0.717) is 5.69 Å². The summed E-state index contributed by atoms with van der Waals surface area (Å²) >= 11 is 0. The van der Waals surface area contributed by atoms with Gasteiger partial charge in [-0.25, -0.2) is 4.90 Å². The van der Waals surface area contributed by atoms with Crippen LogP contribution < -0.4 is 10.2 Å². The molecule has 3 heterocycles. The highest BCUT2D eigenvalue weighted by atomic mass is 16.5. The number of rotatable bonds is 3. The van der Waals surface area contributed by atoms with Gasteiger partial charge in [-0.1, -0.05) is 30.4 Å². The van der Waals surface area contributed by atoms with Crippen molar-refractivity contribution in [1.82, 2.24) is 5.32 Å². The molecule has 0 saturated carbocycles. The number of nitrogens with zero attached hydrogens (tertiary/aromatic N) is 1. The number of carbonyl (C=O) groups is 3. The Morgan fingerprint density at radius 1 is 1.26 bits per heavy atom. The van der Waals surface area contributed by atoms with Crippen molar-refractivity contribution in [3.05, 3.63) is 42.5 Å². The van der Waals surface area contributed by atoms with Crippen LogP contribution in [-0.2, 0) is 19.1 Å². The quantitative estimate of drug-likeness (QED) is 0.656. The number of fused-ring (bicyclic) bond motifs is 5. The molecule has 3 aliphatic heterocycles. The van der Waals surface area contributed by atoms with Crippen molar-refractivity contribution in [3.8, 4) is 0 Å². The second-order valence-electron chi connectivity index (χ2n) is 6.16. The van der Waals surface area contributed by atoms with E-state index in [2.05, 4.69) is 5.32 Å². The van der Waals surface area contributed by atoms with Crippen molar-refractivity contribution < 1.29 is 19.1 Å². The molecule has 6 nitrogen and oxygen atoms in total. The topological polar surface area (TPSA) is 75.7 Å². The summed E-state index contributed by atoms with van der Waals surface area (Å²) in [4.78, 5) is 38.2. The summed E-state index contributed by atoms with van der Waals surface area (Å²) in [5.41, 5.74) is -0.344. The molecule has 0 radical (unpaired) electrons. The number of imide groups is 1. The first-order valence-corrected chi connectivity index (χ1v) is 7.58. The zero-order chi connectivity index (χ0) is 16.2. The van der Waals surface area contributed by atoms with E-state index < -0.39 is 23.5 Å². The molecular formula is C17H16N2O4. The second kappa shape index (κ2) is 4.76. The highest BCUT2D eigenvalue weighted by Crippen LogP contribution is 2.52. The second-order valence-corrected chi connectivity index (χ2v) is 6.16. The molecule has 0 aliphatic carbocycles. The number of carbonyl (C=O) groups excluding carboxylic acids is 3. The lowest BCUT2D eigenvalue weighted by Crippen LogP contribution is -2.48. The zero-order valence-electron chi connectivity index (χ0n) is 12.6. The normalized spacial score (nSPS) is 34.1. The van der Waals surface area contributed by atoms with E-state index in [1.165, 1.54) is 11.8 Å². The van der Waals surface area contributed by atoms with E-state index in [0.717, 1.165) is 0 Å². The van der Waals surface area contributed by atoms with Crippen LogP contribution in [0.1, 0.15) is 6.92 Å². The largest absolute Gasteiger partial charge is 0.360 e. The monoisotopic (exact) mass is 312 g/mol. The summed E-state index contributed by atoms with van der Waals surface area (Å²) in [6, 6.07) is 8.91. The minimum Gasteiger partial charge on any atom is -0.360 e. The molecule has 0 aromatic heterocycles. The van der Waals surface area contributed by atoms with Crippen molar-refractivity contribution in [2.75, 3.05) is 11.4 Å². The minimum absolute atomic E-state index is 0.193. The fraction of sp³-hybridized carbons (Fsp3) is 0.353. The molecule has 1 aromatic carbocycles. The van der Waals surface area contributed by atoms with E-state index in [-0.39, 0.29) is 24.3 Å². The molecule has 2 bridgehead atoms. The van der Waals surface area contributed by atoms with Crippen LogP contribution in [0.25, 0.3) is 0 Å². The number of amides is 3. The maximum Gasteiger partial charge on any atom is 0.241 e. The lowest BCUT2D eigenvalue weighted by molar-refractivity contribution is -0.128. The molecule has 0 spiro atoms. The molecule has 3 amide bonds. The molecule has 118 valence electrons. The number of benzene rings is 1. The van der Waals surface area contributed by atoms with Crippen molar-refractivity contribution >= 4 is 23.4 Å². The lowest BCUT2D eigenvalue weighted by Gasteiger charge is -2.28. The Hall–Kier alpha value is -2.47. The molecule has 1 N–H and O–H groups in total. The number of ether oxygens (including phenoxy) is 1. The van der Waals surface area contributed by atoms with Crippen LogP contribution in [-0.4, -0.2) is 36.0 Å². The predicted molar refractivity (Wildman–Crippen MR) is 81.3 cm³/mol. The van der Waals surface area contributed by atoms with E-state index in [1.807, 2.05) is 18.2 Å². The van der Waals surface area contributed by atoms with Gasteiger partial charge in [0.15, 0.2) is 0 Å². The molecule has 4 atom stereocenters. The van der Waals surface area contributed by atoms with Crippen LogP contribution in [0.5, 0.6) is 0 Å². The Balaban J connectivity index is 1.70. The first-order chi connectivity index (χ1) is 11.0. The molecule has 2 saturated heterocycles. The van der Waals surface area contributed by atoms with Crippen molar-refractivity contribution in [1.29, 1.82) is 0 Å². The SMILES string of the molecule is CC(=O)NCC12C=CC(O1)C1C(=O)N(c3ccccc3)C(=O)C12. The summed E-state index contributed by atoms with van der Waals surface area (Å²) in [6.07, 6.45) is 3.23. The van der Waals surface area contributed by atoms with Gasteiger partial charge in [-0.2, -0.15) is 0 Å². The summed E-state index contributed by atoms with van der Waals surface area (Å²) in [5, 5.41) is 2.71. The Morgan fingerprint density at radius 2 is 2.00 bits per heavy atom. The maximum atomic E-state index is 12.9. The van der Waals surface area contributed by atoms with Gasteiger partial charge in [-0.15, -0.1) is 0 Å². The fourth-order valence-electron chi connectivity index (χ4n) is 3.80. The molecule has 23 heavy (non-hydrogen) atoms. The summed E-state index contributed by atoms with van der Waals surface area (Å²) in [7, 11) is 0. The van der Waals surface area contributed by atoms with E-state index >= 15 is 0 Å². The number of hydrogen-bond acceptors (Lipinski definition) is 4. The van der Waals surface area contributed by atoms with Crippen LogP contribution in [0, 0.1) is 11.8 Å². The highest BCUT2D eigenvalue weighted by molar-refractivity contribution is 6.23. The average molecular weight is 312 g/mol. The Morgan fingerprint density at radius 3 is 2.70 bits per heavy atom. The summed E-state index contributed by atoms with van der Waals surface area (Å²) in [5.74, 6) is -1.79. The van der Waals surface area contributed by atoms with Gasteiger partial charge in [0.25, 0.3) is 0 Å². The molecule has 4 unspecified atom stereocenters. The number of para-hydroxylation sites is 1. The Bertz CT molecular complexity index is 729. The third kappa shape index (κ3) is 1.88. The van der Waals surface area contributed by atoms with Crippen molar-refractivity contribution in [2.24, 2.45) is 11.8 Å². The smallest absolute Gasteiger partial charge is 0.241 e. The van der Waals surface area contributed by atoms with Gasteiger partial charge in [0.05, 0.1) is 30.2 Å². The predicted octanol–water partition coefficient (Wildman–Crippen LogP) is 0.636. The molecule has 1 aromatic rings. The molecular weight excluding hydrogens is 296 g/mol. The van der Waals surface area contributed by atoms with E-state index in [4.69, 9.17) is 4.74 Å². The van der Waals surface area contributed by atoms with Crippen molar-refractivity contribution in [3.63, 3.8) is 0 Å². The van der Waals surface area contributed by atoms with Crippen molar-refractivity contribution in [2.45, 2.75) is 18.6 Å². The van der Waals surface area contributed by atoms with Gasteiger partial charge in [-0.3, -0.25) is 14.4 Å². The van der Waals surface area contributed by atoms with Gasteiger partial charge in [0.1, 0.15) is 5.60 Å².